The molecule has 1 saturated heterocycles. The summed E-state index contributed by atoms with van der Waals surface area (Å²) in [7, 11) is 0. The first-order valence-corrected chi connectivity index (χ1v) is 7.52. The van der Waals surface area contributed by atoms with Crippen LogP contribution in [0.4, 0.5) is 0 Å². The van der Waals surface area contributed by atoms with Gasteiger partial charge in [0.25, 0.3) is 0 Å². The molecule has 1 aliphatic rings. The van der Waals surface area contributed by atoms with E-state index >= 15 is 0 Å². The van der Waals surface area contributed by atoms with E-state index in [1.54, 1.807) is 0 Å². The second-order valence-corrected chi connectivity index (χ2v) is 7.79. The van der Waals surface area contributed by atoms with Gasteiger partial charge in [-0.1, -0.05) is 28.1 Å². The first-order valence-electron chi connectivity index (χ1n) is 6.73. The third-order valence-electron chi connectivity index (χ3n) is 4.18. The number of benzene rings is 1. The van der Waals surface area contributed by atoms with Gasteiger partial charge in [-0.2, -0.15) is 0 Å². The second kappa shape index (κ2) is 4.57. The highest BCUT2D eigenvalue weighted by Crippen LogP contribution is 2.50. The van der Waals surface area contributed by atoms with Gasteiger partial charge >= 0.3 is 0 Å². The number of rotatable bonds is 2. The van der Waals surface area contributed by atoms with Crippen molar-refractivity contribution in [1.82, 2.24) is 0 Å². The van der Waals surface area contributed by atoms with E-state index in [-0.39, 0.29) is 17.1 Å². The molecule has 2 nitrogen and oxygen atoms in total. The molecule has 1 aromatic rings. The largest absolute Gasteiger partial charge is 0.385 e. The summed E-state index contributed by atoms with van der Waals surface area (Å²) in [5.41, 5.74) is -0.471. The summed E-state index contributed by atoms with van der Waals surface area (Å²) in [5, 5.41) is 11.0. The zero-order chi connectivity index (χ0) is 14.5. The lowest BCUT2D eigenvalue weighted by atomic mass is 9.72. The predicted molar refractivity (Wildman–Crippen MR) is 81.1 cm³/mol. The average molecular weight is 327 g/mol. The summed E-state index contributed by atoms with van der Waals surface area (Å²) in [6.45, 7) is 10.2. The van der Waals surface area contributed by atoms with Crippen molar-refractivity contribution in [1.29, 1.82) is 0 Å². The first-order chi connectivity index (χ1) is 8.55. The Kier molecular flexibility index (Phi) is 3.62. The van der Waals surface area contributed by atoms with Gasteiger partial charge in [0.05, 0.1) is 16.8 Å². The van der Waals surface area contributed by atoms with Gasteiger partial charge in [0.15, 0.2) is 0 Å². The zero-order valence-corrected chi connectivity index (χ0v) is 13.9. The fourth-order valence-corrected chi connectivity index (χ4v) is 3.69. The lowest BCUT2D eigenvalue weighted by Gasteiger charge is -2.38. The maximum absolute atomic E-state index is 11.0. The molecule has 1 heterocycles. The van der Waals surface area contributed by atoms with Crippen LogP contribution in [-0.2, 0) is 10.3 Å². The zero-order valence-electron chi connectivity index (χ0n) is 12.3. The van der Waals surface area contributed by atoms with Crippen molar-refractivity contribution in [3.05, 3.63) is 34.3 Å². The van der Waals surface area contributed by atoms with Crippen LogP contribution in [0.2, 0.25) is 0 Å². The molecule has 2 unspecified atom stereocenters. The molecular formula is C16H23BrO2. The van der Waals surface area contributed by atoms with Gasteiger partial charge in [-0.05, 0) is 58.7 Å². The summed E-state index contributed by atoms with van der Waals surface area (Å²) in [4.78, 5) is 0. The van der Waals surface area contributed by atoms with E-state index in [1.807, 2.05) is 31.2 Å². The molecule has 1 aromatic carbocycles. The second-order valence-electron chi connectivity index (χ2n) is 6.88. The molecule has 0 radical (unpaired) electrons. The Balaban J connectivity index is 2.36. The highest BCUT2D eigenvalue weighted by molar-refractivity contribution is 9.10. The van der Waals surface area contributed by atoms with Crippen LogP contribution in [0, 0.1) is 5.92 Å². The Labute approximate surface area is 124 Å². The minimum absolute atomic E-state index is 0.0659. The molecule has 0 saturated carbocycles. The highest BCUT2D eigenvalue weighted by atomic mass is 79.9. The molecule has 0 aromatic heterocycles. The Morgan fingerprint density at radius 3 is 2.16 bits per heavy atom. The van der Waals surface area contributed by atoms with Crippen LogP contribution in [0.1, 0.15) is 46.6 Å². The van der Waals surface area contributed by atoms with E-state index in [0.29, 0.717) is 0 Å². The standard InChI is InChI=1S/C16H23BrO2/c1-14(2)10-13(15(3,4)19-14)16(5,18)11-6-8-12(17)9-7-11/h6-9,13,18H,10H2,1-5H3. The minimum atomic E-state index is -0.891. The van der Waals surface area contributed by atoms with E-state index in [9.17, 15) is 5.11 Å². The summed E-state index contributed by atoms with van der Waals surface area (Å²) in [5.74, 6) is 0.0659. The van der Waals surface area contributed by atoms with Crippen LogP contribution in [0.25, 0.3) is 0 Å². The Morgan fingerprint density at radius 1 is 1.21 bits per heavy atom. The fraction of sp³-hybridized carbons (Fsp3) is 0.625. The summed E-state index contributed by atoms with van der Waals surface area (Å²) in [6, 6.07) is 7.90. The number of ether oxygens (including phenoxy) is 1. The smallest absolute Gasteiger partial charge is 0.0924 e. The molecule has 106 valence electrons. The van der Waals surface area contributed by atoms with Crippen LogP contribution < -0.4 is 0 Å². The van der Waals surface area contributed by atoms with Crippen molar-refractivity contribution in [2.24, 2.45) is 5.92 Å². The van der Waals surface area contributed by atoms with Gasteiger partial charge in [0.2, 0.25) is 0 Å². The summed E-state index contributed by atoms with van der Waals surface area (Å²) >= 11 is 3.43. The molecule has 0 aliphatic carbocycles. The molecule has 0 amide bonds. The van der Waals surface area contributed by atoms with Crippen molar-refractivity contribution in [3.63, 3.8) is 0 Å². The molecular weight excluding hydrogens is 304 g/mol. The number of hydrogen-bond acceptors (Lipinski definition) is 2. The quantitative estimate of drug-likeness (QED) is 0.880. The van der Waals surface area contributed by atoms with Crippen LogP contribution in [-0.4, -0.2) is 16.3 Å². The van der Waals surface area contributed by atoms with Crippen molar-refractivity contribution >= 4 is 15.9 Å². The van der Waals surface area contributed by atoms with Gasteiger partial charge in [0, 0.05) is 10.4 Å². The van der Waals surface area contributed by atoms with Crippen molar-refractivity contribution in [2.75, 3.05) is 0 Å². The molecule has 1 N–H and O–H groups in total. The SMILES string of the molecule is CC1(C)CC(C(C)(O)c2ccc(Br)cc2)C(C)(C)O1. The normalized spacial score (nSPS) is 28.1. The molecule has 0 bridgehead atoms. The van der Waals surface area contributed by atoms with E-state index in [4.69, 9.17) is 4.74 Å². The average Bonchev–Trinajstić information content (AvgIpc) is 2.48. The minimum Gasteiger partial charge on any atom is -0.385 e. The van der Waals surface area contributed by atoms with E-state index < -0.39 is 5.60 Å². The van der Waals surface area contributed by atoms with Crippen LogP contribution >= 0.6 is 15.9 Å². The lowest BCUT2D eigenvalue weighted by Crippen LogP contribution is -2.42. The lowest BCUT2D eigenvalue weighted by molar-refractivity contribution is -0.110. The molecule has 1 aliphatic heterocycles. The van der Waals surface area contributed by atoms with E-state index in [2.05, 4.69) is 43.6 Å². The van der Waals surface area contributed by atoms with Gasteiger partial charge < -0.3 is 9.84 Å². The fourth-order valence-electron chi connectivity index (χ4n) is 3.43. The molecule has 2 rings (SSSR count). The van der Waals surface area contributed by atoms with E-state index in [1.165, 1.54) is 0 Å². The van der Waals surface area contributed by atoms with Gasteiger partial charge in [-0.3, -0.25) is 0 Å². The first kappa shape index (κ1) is 15.0. The van der Waals surface area contributed by atoms with Gasteiger partial charge in [0.1, 0.15) is 0 Å². The maximum atomic E-state index is 11.0. The molecule has 0 spiro atoms. The predicted octanol–water partition coefficient (Wildman–Crippen LogP) is 4.25. The Morgan fingerprint density at radius 2 is 1.74 bits per heavy atom. The Bertz CT molecular complexity index is 460. The third kappa shape index (κ3) is 2.88. The topological polar surface area (TPSA) is 29.5 Å². The van der Waals surface area contributed by atoms with Crippen molar-refractivity contribution < 1.29 is 9.84 Å². The molecule has 3 heteroatoms. The molecule has 19 heavy (non-hydrogen) atoms. The highest BCUT2D eigenvalue weighted by Gasteiger charge is 2.53. The summed E-state index contributed by atoms with van der Waals surface area (Å²) in [6.07, 6.45) is 0.850. The van der Waals surface area contributed by atoms with Crippen LogP contribution in [0.3, 0.4) is 0 Å². The van der Waals surface area contributed by atoms with Crippen molar-refractivity contribution in [3.8, 4) is 0 Å². The number of aliphatic hydroxyl groups is 1. The number of halogens is 1. The van der Waals surface area contributed by atoms with Crippen molar-refractivity contribution in [2.45, 2.75) is 57.8 Å². The van der Waals surface area contributed by atoms with Crippen LogP contribution in [0.15, 0.2) is 28.7 Å². The number of hydrogen-bond donors (Lipinski definition) is 1. The Hall–Kier alpha value is -0.380. The summed E-state index contributed by atoms with van der Waals surface area (Å²) < 4.78 is 7.13. The monoisotopic (exact) mass is 326 g/mol. The van der Waals surface area contributed by atoms with Gasteiger partial charge in [-0.25, -0.2) is 0 Å². The molecule has 1 fully saturated rings. The van der Waals surface area contributed by atoms with Gasteiger partial charge in [-0.15, -0.1) is 0 Å². The van der Waals surface area contributed by atoms with Crippen LogP contribution in [0.5, 0.6) is 0 Å². The van der Waals surface area contributed by atoms with E-state index in [0.717, 1.165) is 16.5 Å². The third-order valence-corrected chi connectivity index (χ3v) is 4.71. The maximum Gasteiger partial charge on any atom is 0.0924 e. The molecule has 2 atom stereocenters.